The molecule has 2 aromatic heterocycles. The van der Waals surface area contributed by atoms with E-state index in [9.17, 15) is 0 Å². The minimum absolute atomic E-state index is 0.577. The van der Waals surface area contributed by atoms with E-state index >= 15 is 0 Å². The highest BCUT2D eigenvalue weighted by Crippen LogP contribution is 2.44. The highest BCUT2D eigenvalue weighted by Gasteiger charge is 2.21. The first kappa shape index (κ1) is 31.6. The molecule has 2 heterocycles. The molecule has 4 heteroatoms. The second-order valence-electron chi connectivity index (χ2n) is 14.7. The zero-order valence-electron chi connectivity index (χ0n) is 30.7. The van der Waals surface area contributed by atoms with Crippen molar-refractivity contribution in [3.05, 3.63) is 194 Å². The Labute approximate surface area is 327 Å². The van der Waals surface area contributed by atoms with Gasteiger partial charge in [-0.3, -0.25) is 0 Å². The van der Waals surface area contributed by atoms with Gasteiger partial charge in [-0.15, -0.1) is 0 Å². The van der Waals surface area contributed by atoms with Crippen LogP contribution < -0.4 is 4.90 Å². The monoisotopic (exact) mass is 728 g/mol. The fourth-order valence-corrected chi connectivity index (χ4v) is 8.80. The maximum absolute atomic E-state index is 6.69. The lowest BCUT2D eigenvalue weighted by atomic mass is 9.94. The first-order valence-electron chi connectivity index (χ1n) is 19.3. The largest absolute Gasteiger partial charge is 0.456 e. The van der Waals surface area contributed by atoms with Gasteiger partial charge >= 0.3 is 0 Å². The fraction of sp³-hybridized carbons (Fsp3) is 0. The van der Waals surface area contributed by atoms with Crippen LogP contribution >= 0.6 is 0 Å². The molecule has 0 fully saturated rings. The maximum atomic E-state index is 6.69. The molecule has 0 bridgehead atoms. The van der Waals surface area contributed by atoms with Gasteiger partial charge in [-0.25, -0.2) is 4.98 Å². The lowest BCUT2D eigenvalue weighted by Crippen LogP contribution is -2.10. The van der Waals surface area contributed by atoms with Gasteiger partial charge in [0.25, 0.3) is 0 Å². The third kappa shape index (κ3) is 5.04. The van der Waals surface area contributed by atoms with E-state index in [1.54, 1.807) is 0 Å². The van der Waals surface area contributed by atoms with Crippen molar-refractivity contribution < 1.29 is 8.83 Å². The number of anilines is 3. The number of nitrogens with zero attached hydrogens (tertiary/aromatic N) is 2. The molecule has 0 atom stereocenters. The second-order valence-corrected chi connectivity index (χ2v) is 14.7. The Morgan fingerprint density at radius 1 is 0.351 bits per heavy atom. The average molecular weight is 729 g/mol. The van der Waals surface area contributed by atoms with Crippen molar-refractivity contribution in [2.24, 2.45) is 0 Å². The standard InChI is InChI=1S/C53H32N2O2/c1-2-12-33(13-3-1)34-16-10-17-37(28-34)55(38-24-26-44-42-20-7-6-18-40(42)41-19-8-9-21-43(41)47(44)31-38)39-25-27-45-50(32-39)56-49-23-11-22-46(52(45)49)53-54-48-29-35-14-4-5-15-36(35)30-51(48)57-53/h1-32H. The summed E-state index contributed by atoms with van der Waals surface area (Å²) in [5.41, 5.74) is 9.50. The van der Waals surface area contributed by atoms with Gasteiger partial charge < -0.3 is 13.7 Å². The Bertz CT molecular complexity index is 3460. The fourth-order valence-electron chi connectivity index (χ4n) is 8.80. The van der Waals surface area contributed by atoms with E-state index in [0.717, 1.165) is 72.0 Å². The quantitative estimate of drug-likeness (QED) is 0.166. The van der Waals surface area contributed by atoms with Crippen LogP contribution in [0.4, 0.5) is 17.1 Å². The summed E-state index contributed by atoms with van der Waals surface area (Å²) in [5.74, 6) is 0.577. The number of hydrogen-bond donors (Lipinski definition) is 0. The van der Waals surface area contributed by atoms with Gasteiger partial charge in [-0.1, -0.05) is 127 Å². The highest BCUT2D eigenvalue weighted by molar-refractivity contribution is 6.26. The topological polar surface area (TPSA) is 42.4 Å². The number of oxazole rings is 1. The summed E-state index contributed by atoms with van der Waals surface area (Å²) < 4.78 is 13.1. The number of fused-ring (bicyclic) bond motifs is 11. The van der Waals surface area contributed by atoms with E-state index in [2.05, 4.69) is 175 Å². The molecule has 10 aromatic carbocycles. The third-order valence-electron chi connectivity index (χ3n) is 11.4. The first-order chi connectivity index (χ1) is 28.2. The normalized spacial score (nSPS) is 11.9. The lowest BCUT2D eigenvalue weighted by molar-refractivity contribution is 0.620. The molecule has 12 rings (SSSR count). The molecule has 0 saturated carbocycles. The van der Waals surface area contributed by atoms with E-state index < -0.39 is 0 Å². The molecule has 266 valence electrons. The highest BCUT2D eigenvalue weighted by atomic mass is 16.3. The van der Waals surface area contributed by atoms with Crippen molar-refractivity contribution >= 4 is 93.2 Å². The van der Waals surface area contributed by atoms with Gasteiger partial charge in [-0.05, 0) is 115 Å². The van der Waals surface area contributed by atoms with Crippen LogP contribution in [0.2, 0.25) is 0 Å². The van der Waals surface area contributed by atoms with Gasteiger partial charge in [0, 0.05) is 39.5 Å². The van der Waals surface area contributed by atoms with E-state index in [1.165, 1.54) is 37.9 Å². The molecule has 12 aromatic rings. The Hall–Kier alpha value is -7.69. The van der Waals surface area contributed by atoms with Crippen LogP contribution in [0, 0.1) is 0 Å². The van der Waals surface area contributed by atoms with Crippen LogP contribution in [0.15, 0.2) is 203 Å². The van der Waals surface area contributed by atoms with E-state index in [4.69, 9.17) is 13.8 Å². The summed E-state index contributed by atoms with van der Waals surface area (Å²) in [7, 11) is 0. The van der Waals surface area contributed by atoms with Crippen molar-refractivity contribution in [1.29, 1.82) is 0 Å². The molecular formula is C53H32N2O2. The summed E-state index contributed by atoms with van der Waals surface area (Å²) in [4.78, 5) is 7.32. The molecule has 0 amide bonds. The van der Waals surface area contributed by atoms with E-state index in [0.29, 0.717) is 5.89 Å². The van der Waals surface area contributed by atoms with Crippen LogP contribution in [0.1, 0.15) is 0 Å². The van der Waals surface area contributed by atoms with Gasteiger partial charge in [0.1, 0.15) is 16.7 Å². The van der Waals surface area contributed by atoms with Gasteiger partial charge in [0.2, 0.25) is 5.89 Å². The van der Waals surface area contributed by atoms with Crippen molar-refractivity contribution in [3.63, 3.8) is 0 Å². The number of hydrogen-bond acceptors (Lipinski definition) is 4. The molecule has 0 spiro atoms. The summed E-state index contributed by atoms with van der Waals surface area (Å²) in [5, 5.41) is 11.7. The summed E-state index contributed by atoms with van der Waals surface area (Å²) in [6.45, 7) is 0. The van der Waals surface area contributed by atoms with E-state index in [-0.39, 0.29) is 0 Å². The minimum atomic E-state index is 0.577. The molecule has 0 radical (unpaired) electrons. The molecule has 0 aliphatic carbocycles. The Balaban J connectivity index is 1.06. The predicted molar refractivity (Wildman–Crippen MR) is 237 cm³/mol. The number of furan rings is 1. The SMILES string of the molecule is c1ccc(-c2cccc(N(c3ccc4c(c3)oc3cccc(-c5nc6cc7ccccc7cc6o5)c34)c3ccc4c5ccccc5c5ccccc5c4c3)c2)cc1. The van der Waals surface area contributed by atoms with Crippen LogP contribution in [-0.4, -0.2) is 4.98 Å². The Kier molecular flexibility index (Phi) is 6.89. The smallest absolute Gasteiger partial charge is 0.228 e. The molecule has 0 saturated heterocycles. The summed E-state index contributed by atoms with van der Waals surface area (Å²) >= 11 is 0. The van der Waals surface area contributed by atoms with Crippen molar-refractivity contribution in [3.8, 4) is 22.6 Å². The maximum Gasteiger partial charge on any atom is 0.228 e. The Morgan fingerprint density at radius 2 is 0.947 bits per heavy atom. The van der Waals surface area contributed by atoms with Gasteiger partial charge in [0.15, 0.2) is 5.58 Å². The Morgan fingerprint density at radius 3 is 1.72 bits per heavy atom. The zero-order chi connectivity index (χ0) is 37.5. The van der Waals surface area contributed by atoms with Crippen LogP contribution in [0.25, 0.3) is 98.7 Å². The molecule has 0 unspecified atom stereocenters. The van der Waals surface area contributed by atoms with E-state index in [1.807, 2.05) is 24.3 Å². The van der Waals surface area contributed by atoms with Crippen molar-refractivity contribution in [2.45, 2.75) is 0 Å². The number of rotatable bonds is 5. The second kappa shape index (κ2) is 12.4. The molecule has 0 N–H and O–H groups in total. The molecule has 0 aliphatic rings. The first-order valence-corrected chi connectivity index (χ1v) is 19.3. The van der Waals surface area contributed by atoms with Crippen LogP contribution in [0.5, 0.6) is 0 Å². The minimum Gasteiger partial charge on any atom is -0.456 e. The van der Waals surface area contributed by atoms with Crippen LogP contribution in [0.3, 0.4) is 0 Å². The van der Waals surface area contributed by atoms with Crippen LogP contribution in [-0.2, 0) is 0 Å². The summed E-state index contributed by atoms with van der Waals surface area (Å²) in [6.07, 6.45) is 0. The molecular weight excluding hydrogens is 697 g/mol. The lowest BCUT2D eigenvalue weighted by Gasteiger charge is -2.26. The number of aromatic nitrogens is 1. The molecule has 4 nitrogen and oxygen atoms in total. The van der Waals surface area contributed by atoms with Gasteiger partial charge in [-0.2, -0.15) is 0 Å². The molecule has 57 heavy (non-hydrogen) atoms. The zero-order valence-corrected chi connectivity index (χ0v) is 30.7. The number of benzene rings is 10. The summed E-state index contributed by atoms with van der Waals surface area (Å²) in [6, 6.07) is 68.8. The predicted octanol–water partition coefficient (Wildman–Crippen LogP) is 15.1. The average Bonchev–Trinajstić information content (AvgIpc) is 3.87. The van der Waals surface area contributed by atoms with Crippen molar-refractivity contribution in [1.82, 2.24) is 4.98 Å². The molecule has 0 aliphatic heterocycles. The third-order valence-corrected chi connectivity index (χ3v) is 11.4. The van der Waals surface area contributed by atoms with Gasteiger partial charge in [0.05, 0.1) is 0 Å². The van der Waals surface area contributed by atoms with Crippen molar-refractivity contribution in [2.75, 3.05) is 4.90 Å².